The van der Waals surface area contributed by atoms with Crippen LogP contribution in [0.25, 0.3) is 0 Å². The van der Waals surface area contributed by atoms with Crippen LogP contribution in [0.1, 0.15) is 47.2 Å². The van der Waals surface area contributed by atoms with E-state index in [1.54, 1.807) is 20.8 Å². The standard InChI is InChI=1S/C19H18F2N2O3/c1-19(2,3)26-18(25)15-5-4-12(10-22-15)17(24)23-7-6-11-8-13(20)9-14(21)16(11)23/h4-5,8-10H,6-7H2,1-3H3. The second-order valence-electron chi connectivity index (χ2n) is 7.04. The molecular formula is C19H18F2N2O3. The van der Waals surface area contributed by atoms with Gasteiger partial charge in [-0.05, 0) is 51.0 Å². The fraction of sp³-hybridized carbons (Fsp3) is 0.316. The van der Waals surface area contributed by atoms with Gasteiger partial charge in [0.05, 0.1) is 11.3 Å². The Morgan fingerprint density at radius 2 is 1.92 bits per heavy atom. The predicted molar refractivity (Wildman–Crippen MR) is 91.1 cm³/mol. The van der Waals surface area contributed by atoms with E-state index in [0.29, 0.717) is 12.0 Å². The van der Waals surface area contributed by atoms with Gasteiger partial charge in [-0.25, -0.2) is 18.6 Å². The highest BCUT2D eigenvalue weighted by atomic mass is 19.1. The predicted octanol–water partition coefficient (Wildman–Crippen LogP) is 3.52. The number of esters is 1. The normalized spacial score (nSPS) is 13.5. The highest BCUT2D eigenvalue weighted by Gasteiger charge is 2.29. The van der Waals surface area contributed by atoms with E-state index in [1.807, 2.05) is 0 Å². The fourth-order valence-electron chi connectivity index (χ4n) is 2.79. The van der Waals surface area contributed by atoms with Crippen LogP contribution < -0.4 is 4.90 Å². The van der Waals surface area contributed by atoms with Crippen molar-refractivity contribution in [3.05, 3.63) is 58.9 Å². The first-order valence-electron chi connectivity index (χ1n) is 8.15. The zero-order chi connectivity index (χ0) is 19.1. The zero-order valence-electron chi connectivity index (χ0n) is 14.7. The Bertz CT molecular complexity index is 874. The molecule has 0 aliphatic carbocycles. The summed E-state index contributed by atoms with van der Waals surface area (Å²) in [6.07, 6.45) is 1.63. The summed E-state index contributed by atoms with van der Waals surface area (Å²) in [5.41, 5.74) is 0.168. The van der Waals surface area contributed by atoms with Gasteiger partial charge in [0.2, 0.25) is 0 Å². The lowest BCUT2D eigenvalue weighted by Gasteiger charge is -2.19. The number of fused-ring (bicyclic) bond motifs is 1. The number of nitrogens with zero attached hydrogens (tertiary/aromatic N) is 2. The molecular weight excluding hydrogens is 342 g/mol. The Kier molecular flexibility index (Phi) is 4.48. The van der Waals surface area contributed by atoms with Crippen molar-refractivity contribution in [2.75, 3.05) is 11.4 Å². The van der Waals surface area contributed by atoms with E-state index in [9.17, 15) is 18.4 Å². The molecule has 0 unspecified atom stereocenters. The van der Waals surface area contributed by atoms with Gasteiger partial charge in [0.15, 0.2) is 0 Å². The molecule has 0 atom stereocenters. The van der Waals surface area contributed by atoms with Crippen LogP contribution in [-0.2, 0) is 11.2 Å². The van der Waals surface area contributed by atoms with Crippen molar-refractivity contribution in [3.8, 4) is 0 Å². The topological polar surface area (TPSA) is 59.5 Å². The summed E-state index contributed by atoms with van der Waals surface area (Å²) in [5.74, 6) is -2.50. The van der Waals surface area contributed by atoms with E-state index in [0.717, 1.165) is 6.07 Å². The van der Waals surface area contributed by atoms with Crippen molar-refractivity contribution < 1.29 is 23.1 Å². The lowest BCUT2D eigenvalue weighted by atomic mass is 10.1. The number of hydrogen-bond acceptors (Lipinski definition) is 4. The average molecular weight is 360 g/mol. The minimum atomic E-state index is -0.774. The van der Waals surface area contributed by atoms with Crippen molar-refractivity contribution in [1.29, 1.82) is 0 Å². The molecule has 1 aliphatic heterocycles. The summed E-state index contributed by atoms with van der Waals surface area (Å²) in [6.45, 7) is 5.48. The van der Waals surface area contributed by atoms with Gasteiger partial charge in [-0.15, -0.1) is 0 Å². The molecule has 0 bridgehead atoms. The largest absolute Gasteiger partial charge is 0.455 e. The highest BCUT2D eigenvalue weighted by molar-refractivity contribution is 6.07. The minimum absolute atomic E-state index is 0.0755. The molecule has 1 aromatic carbocycles. The number of rotatable bonds is 2. The first kappa shape index (κ1) is 18.0. The number of hydrogen-bond donors (Lipinski definition) is 0. The SMILES string of the molecule is CC(C)(C)OC(=O)c1ccc(C(=O)N2CCc3cc(F)cc(F)c32)cn1. The maximum atomic E-state index is 14.1. The van der Waals surface area contributed by atoms with Crippen molar-refractivity contribution in [3.63, 3.8) is 0 Å². The molecule has 0 saturated carbocycles. The Morgan fingerprint density at radius 1 is 1.19 bits per heavy atom. The van der Waals surface area contributed by atoms with Gasteiger partial charge < -0.3 is 9.64 Å². The lowest BCUT2D eigenvalue weighted by Crippen LogP contribution is -2.30. The summed E-state index contributed by atoms with van der Waals surface area (Å²) in [7, 11) is 0. The van der Waals surface area contributed by atoms with E-state index < -0.39 is 29.1 Å². The van der Waals surface area contributed by atoms with Crippen molar-refractivity contribution in [1.82, 2.24) is 4.98 Å². The number of benzene rings is 1. The number of amides is 1. The summed E-state index contributed by atoms with van der Waals surface area (Å²) in [4.78, 5) is 29.9. The highest BCUT2D eigenvalue weighted by Crippen LogP contribution is 2.32. The number of pyridine rings is 1. The average Bonchev–Trinajstić information content (AvgIpc) is 2.96. The zero-order valence-corrected chi connectivity index (χ0v) is 14.7. The van der Waals surface area contributed by atoms with Crippen LogP contribution in [0, 0.1) is 11.6 Å². The van der Waals surface area contributed by atoms with Gasteiger partial charge in [-0.1, -0.05) is 0 Å². The molecule has 5 nitrogen and oxygen atoms in total. The molecule has 26 heavy (non-hydrogen) atoms. The van der Waals surface area contributed by atoms with Crippen LogP contribution in [0.3, 0.4) is 0 Å². The molecule has 0 saturated heterocycles. The van der Waals surface area contributed by atoms with Crippen LogP contribution in [0.4, 0.5) is 14.5 Å². The van der Waals surface area contributed by atoms with E-state index in [4.69, 9.17) is 4.74 Å². The molecule has 2 heterocycles. The van der Waals surface area contributed by atoms with Crippen LogP contribution in [-0.4, -0.2) is 29.0 Å². The van der Waals surface area contributed by atoms with Crippen LogP contribution in [0.5, 0.6) is 0 Å². The van der Waals surface area contributed by atoms with Crippen LogP contribution in [0.15, 0.2) is 30.5 Å². The Hall–Kier alpha value is -2.83. The minimum Gasteiger partial charge on any atom is -0.455 e. The molecule has 1 aliphatic rings. The molecule has 136 valence electrons. The Labute approximate surface area is 149 Å². The van der Waals surface area contributed by atoms with Gasteiger partial charge in [0, 0.05) is 18.8 Å². The van der Waals surface area contributed by atoms with Gasteiger partial charge in [-0.3, -0.25) is 4.79 Å². The first-order chi connectivity index (χ1) is 12.2. The number of carbonyl (C=O) groups excluding carboxylic acids is 2. The lowest BCUT2D eigenvalue weighted by molar-refractivity contribution is 0.00626. The van der Waals surface area contributed by atoms with Crippen LogP contribution in [0.2, 0.25) is 0 Å². The number of carbonyl (C=O) groups is 2. The number of aromatic nitrogens is 1. The van der Waals surface area contributed by atoms with Crippen molar-refractivity contribution >= 4 is 17.6 Å². The van der Waals surface area contributed by atoms with Crippen molar-refractivity contribution in [2.24, 2.45) is 0 Å². The monoisotopic (exact) mass is 360 g/mol. The Morgan fingerprint density at radius 3 is 2.54 bits per heavy atom. The Balaban J connectivity index is 1.82. The van der Waals surface area contributed by atoms with Crippen LogP contribution >= 0.6 is 0 Å². The third-order valence-electron chi connectivity index (χ3n) is 3.85. The molecule has 3 rings (SSSR count). The third-order valence-corrected chi connectivity index (χ3v) is 3.85. The molecule has 1 aromatic heterocycles. The van der Waals surface area contributed by atoms with E-state index in [-0.39, 0.29) is 23.5 Å². The third kappa shape index (κ3) is 3.56. The van der Waals surface area contributed by atoms with Crippen molar-refractivity contribution in [2.45, 2.75) is 32.8 Å². The summed E-state index contributed by atoms with van der Waals surface area (Å²) < 4.78 is 32.6. The molecule has 1 amide bonds. The van der Waals surface area contributed by atoms with Gasteiger partial charge in [0.1, 0.15) is 22.9 Å². The van der Waals surface area contributed by atoms with Gasteiger partial charge in [0.25, 0.3) is 5.91 Å². The number of halogens is 2. The first-order valence-corrected chi connectivity index (χ1v) is 8.15. The van der Waals surface area contributed by atoms with Gasteiger partial charge in [-0.2, -0.15) is 0 Å². The van der Waals surface area contributed by atoms with E-state index in [1.165, 1.54) is 29.3 Å². The number of ether oxygens (including phenoxy) is 1. The molecule has 2 aromatic rings. The summed E-state index contributed by atoms with van der Waals surface area (Å²) in [5, 5.41) is 0. The second-order valence-corrected chi connectivity index (χ2v) is 7.04. The van der Waals surface area contributed by atoms with E-state index >= 15 is 0 Å². The molecule has 7 heteroatoms. The maximum absolute atomic E-state index is 14.1. The maximum Gasteiger partial charge on any atom is 0.357 e. The van der Waals surface area contributed by atoms with E-state index in [2.05, 4.69) is 4.98 Å². The smallest absolute Gasteiger partial charge is 0.357 e. The van der Waals surface area contributed by atoms with Gasteiger partial charge >= 0.3 is 5.97 Å². The summed E-state index contributed by atoms with van der Waals surface area (Å²) in [6, 6.07) is 4.82. The molecule has 0 N–H and O–H groups in total. The summed E-state index contributed by atoms with van der Waals surface area (Å²) >= 11 is 0. The molecule has 0 spiro atoms. The number of anilines is 1. The molecule has 0 fully saturated rings. The quantitative estimate of drug-likeness (QED) is 0.769. The molecule has 0 radical (unpaired) electrons. The second kappa shape index (κ2) is 6.48. The fourth-order valence-corrected chi connectivity index (χ4v) is 2.79.